The Morgan fingerprint density at radius 2 is 1.78 bits per heavy atom. The first-order chi connectivity index (χ1) is 17.7. The average Bonchev–Trinajstić information content (AvgIpc) is 2.86. The molecule has 7 heteroatoms. The van der Waals surface area contributed by atoms with Crippen LogP contribution in [0.3, 0.4) is 0 Å². The Balaban J connectivity index is 1.74. The molecule has 0 radical (unpaired) electrons. The zero-order valence-corrected chi connectivity index (χ0v) is 23.8. The molecule has 196 valence electrons. The summed E-state index contributed by atoms with van der Waals surface area (Å²) in [6, 6.07) is 6.05. The maximum Gasteiger partial charge on any atom is 0.308 e. The summed E-state index contributed by atoms with van der Waals surface area (Å²) in [5, 5.41) is 4.42. The molecule has 0 fully saturated rings. The molecule has 1 atom stereocenters. The molecule has 37 heavy (non-hydrogen) atoms. The highest BCUT2D eigenvalue weighted by molar-refractivity contribution is 7.80. The molecule has 0 aliphatic carbocycles. The largest absolute Gasteiger partial charge is 0.480 e. The number of pyridine rings is 2. The smallest absolute Gasteiger partial charge is 0.308 e. The summed E-state index contributed by atoms with van der Waals surface area (Å²) in [4.78, 5) is 22.0. The van der Waals surface area contributed by atoms with E-state index in [4.69, 9.17) is 26.7 Å². The Labute approximate surface area is 225 Å². The molecule has 0 bridgehead atoms. The second-order valence-electron chi connectivity index (χ2n) is 9.78. The third-order valence-electron chi connectivity index (χ3n) is 7.44. The first kappa shape index (κ1) is 27.0. The number of aryl methyl sites for hydroxylation is 2. The minimum atomic E-state index is -0.655. The summed E-state index contributed by atoms with van der Waals surface area (Å²) < 4.78 is 12.7. The van der Waals surface area contributed by atoms with Crippen molar-refractivity contribution in [1.29, 1.82) is 0 Å². The highest BCUT2D eigenvalue weighted by Crippen LogP contribution is 2.46. The van der Waals surface area contributed by atoms with Crippen molar-refractivity contribution in [2.75, 3.05) is 5.32 Å². The van der Waals surface area contributed by atoms with Gasteiger partial charge in [-0.1, -0.05) is 39.9 Å². The van der Waals surface area contributed by atoms with Crippen LogP contribution < -0.4 is 14.8 Å². The molecule has 3 aromatic rings. The van der Waals surface area contributed by atoms with E-state index in [9.17, 15) is 4.79 Å². The summed E-state index contributed by atoms with van der Waals surface area (Å²) >= 11 is 5.99. The fraction of sp³-hybridized carbons (Fsp3) is 0.467. The lowest BCUT2D eigenvalue weighted by molar-refractivity contribution is -0.132. The van der Waals surface area contributed by atoms with E-state index in [-0.39, 0.29) is 5.97 Å². The Bertz CT molecular complexity index is 1360. The monoisotopic (exact) mass is 519 g/mol. The van der Waals surface area contributed by atoms with Crippen LogP contribution in [-0.4, -0.2) is 26.5 Å². The number of ether oxygens (including phenoxy) is 2. The van der Waals surface area contributed by atoms with Gasteiger partial charge in [0, 0.05) is 40.3 Å². The molecule has 0 spiro atoms. The van der Waals surface area contributed by atoms with Gasteiger partial charge in [0.05, 0.1) is 0 Å². The van der Waals surface area contributed by atoms with Crippen molar-refractivity contribution < 1.29 is 14.3 Å². The molecule has 4 rings (SSSR count). The van der Waals surface area contributed by atoms with E-state index in [0.29, 0.717) is 16.5 Å². The Morgan fingerprint density at radius 3 is 2.41 bits per heavy atom. The maximum atomic E-state index is 12.0. The minimum Gasteiger partial charge on any atom is -0.480 e. The first-order valence-electron chi connectivity index (χ1n) is 13.3. The number of hydrogen-bond acceptors (Lipinski definition) is 6. The normalized spacial score (nSPS) is 16.7. The summed E-state index contributed by atoms with van der Waals surface area (Å²) in [6.07, 6.45) is 4.54. The van der Waals surface area contributed by atoms with Gasteiger partial charge in [-0.15, -0.1) is 0 Å². The summed E-state index contributed by atoms with van der Waals surface area (Å²) in [6.45, 7) is 13.9. The van der Waals surface area contributed by atoms with E-state index in [2.05, 4.69) is 51.0 Å². The third kappa shape index (κ3) is 4.93. The number of thiocarbonyl (C=S) groups is 1. The van der Waals surface area contributed by atoms with Crippen LogP contribution in [0.2, 0.25) is 0 Å². The molecule has 1 unspecified atom stereocenters. The van der Waals surface area contributed by atoms with Gasteiger partial charge in [-0.2, -0.15) is 0 Å². The second kappa shape index (κ2) is 10.7. The van der Waals surface area contributed by atoms with Gasteiger partial charge in [-0.3, -0.25) is 4.79 Å². The van der Waals surface area contributed by atoms with E-state index in [0.717, 1.165) is 88.9 Å². The molecule has 1 aliphatic rings. The van der Waals surface area contributed by atoms with Crippen molar-refractivity contribution in [3.8, 4) is 11.5 Å². The maximum absolute atomic E-state index is 12.0. The average molecular weight is 520 g/mol. The molecule has 0 saturated heterocycles. The molecule has 1 N–H and O–H groups in total. The number of nitrogens with zero attached hydrogens (tertiary/aromatic N) is 2. The summed E-state index contributed by atoms with van der Waals surface area (Å²) in [5.41, 5.74) is 6.50. The van der Waals surface area contributed by atoms with Gasteiger partial charge in [-0.25, -0.2) is 9.97 Å². The predicted octanol–water partition coefficient (Wildman–Crippen LogP) is 6.77. The van der Waals surface area contributed by atoms with E-state index in [1.165, 1.54) is 6.92 Å². The minimum absolute atomic E-state index is 0.292. The molecule has 1 aromatic carbocycles. The molecular weight excluding hydrogens is 482 g/mol. The van der Waals surface area contributed by atoms with E-state index < -0.39 is 5.60 Å². The molecule has 6 nitrogen and oxygen atoms in total. The SMILES string of the molecule is CCc1c(CC)c2c(c(CC)c1OC(C)=O)CCC(CC)(C(=S)Nc1ccc3c(C)cc(C)nc3n1)O2. The van der Waals surface area contributed by atoms with Crippen molar-refractivity contribution >= 4 is 40.0 Å². The van der Waals surface area contributed by atoms with Gasteiger partial charge < -0.3 is 14.8 Å². The number of anilines is 1. The fourth-order valence-corrected chi connectivity index (χ4v) is 5.96. The lowest BCUT2D eigenvalue weighted by atomic mass is 9.82. The number of aromatic nitrogens is 2. The van der Waals surface area contributed by atoms with Gasteiger partial charge in [0.2, 0.25) is 0 Å². The highest BCUT2D eigenvalue weighted by atomic mass is 32.1. The Hall–Kier alpha value is -3.06. The topological polar surface area (TPSA) is 73.3 Å². The number of fused-ring (bicyclic) bond motifs is 2. The second-order valence-corrected chi connectivity index (χ2v) is 10.2. The lowest BCUT2D eigenvalue weighted by Crippen LogP contribution is -2.49. The van der Waals surface area contributed by atoms with Crippen LogP contribution >= 0.6 is 12.2 Å². The van der Waals surface area contributed by atoms with Crippen molar-refractivity contribution in [2.24, 2.45) is 0 Å². The standard InChI is InChI=1S/C30H37N3O3S/c1-8-20-21(9-2)27-24(22(10-3)26(20)35-19(7)34)14-15-30(11-4,36-27)29(37)33-25-13-12-23-17(5)16-18(6)31-28(23)32-25/h12-13,16H,8-11,14-15H2,1-7H3,(H,31,32,33,37). The Morgan fingerprint density at radius 1 is 1.08 bits per heavy atom. The van der Waals surface area contributed by atoms with Gasteiger partial charge in [-0.05, 0) is 76.1 Å². The van der Waals surface area contributed by atoms with E-state index >= 15 is 0 Å². The van der Waals surface area contributed by atoms with Gasteiger partial charge >= 0.3 is 5.97 Å². The van der Waals surface area contributed by atoms with Gasteiger partial charge in [0.15, 0.2) is 11.2 Å². The molecule has 0 amide bonds. The van der Waals surface area contributed by atoms with Crippen LogP contribution in [0.4, 0.5) is 5.82 Å². The van der Waals surface area contributed by atoms with Crippen molar-refractivity contribution in [3.63, 3.8) is 0 Å². The lowest BCUT2D eigenvalue weighted by Gasteiger charge is -2.41. The summed E-state index contributed by atoms with van der Waals surface area (Å²) in [5.74, 6) is 2.00. The van der Waals surface area contributed by atoms with E-state index in [1.54, 1.807) is 0 Å². The fourth-order valence-electron chi connectivity index (χ4n) is 5.56. The summed E-state index contributed by atoms with van der Waals surface area (Å²) in [7, 11) is 0. The first-order valence-corrected chi connectivity index (χ1v) is 13.7. The molecule has 2 aromatic heterocycles. The van der Waals surface area contributed by atoms with Gasteiger partial charge in [0.1, 0.15) is 22.3 Å². The number of carbonyl (C=O) groups excluding carboxylic acids is 1. The predicted molar refractivity (Wildman–Crippen MR) is 153 cm³/mol. The number of carbonyl (C=O) groups is 1. The van der Waals surface area contributed by atoms with Crippen LogP contribution in [0.15, 0.2) is 18.2 Å². The van der Waals surface area contributed by atoms with Crippen LogP contribution in [0.5, 0.6) is 11.5 Å². The number of esters is 1. The third-order valence-corrected chi connectivity index (χ3v) is 7.92. The van der Waals surface area contributed by atoms with Crippen molar-refractivity contribution in [1.82, 2.24) is 9.97 Å². The molecule has 0 saturated carbocycles. The van der Waals surface area contributed by atoms with Crippen LogP contribution in [0.25, 0.3) is 11.0 Å². The number of rotatable bonds is 7. The number of hydrogen-bond donors (Lipinski definition) is 1. The van der Waals surface area contributed by atoms with Crippen molar-refractivity contribution in [3.05, 3.63) is 51.7 Å². The Kier molecular flexibility index (Phi) is 7.83. The molecule has 3 heterocycles. The van der Waals surface area contributed by atoms with Crippen LogP contribution in [-0.2, 0) is 30.5 Å². The zero-order chi connectivity index (χ0) is 26.9. The van der Waals surface area contributed by atoms with Gasteiger partial charge in [0.25, 0.3) is 0 Å². The molecule has 1 aliphatic heterocycles. The van der Waals surface area contributed by atoms with Crippen LogP contribution in [0, 0.1) is 13.8 Å². The quantitative estimate of drug-likeness (QED) is 0.210. The number of benzene rings is 1. The highest BCUT2D eigenvalue weighted by Gasteiger charge is 2.42. The van der Waals surface area contributed by atoms with E-state index in [1.807, 2.05) is 19.1 Å². The van der Waals surface area contributed by atoms with Crippen molar-refractivity contribution in [2.45, 2.75) is 92.6 Å². The zero-order valence-electron chi connectivity index (χ0n) is 23.0. The molecular formula is C30H37N3O3S. The van der Waals surface area contributed by atoms with Crippen LogP contribution in [0.1, 0.15) is 81.0 Å². The number of nitrogens with one attached hydrogen (secondary N) is 1.